The lowest BCUT2D eigenvalue weighted by Gasteiger charge is -2.10. The Hall–Kier alpha value is -1.62. The van der Waals surface area contributed by atoms with Crippen LogP contribution in [0.3, 0.4) is 0 Å². The number of benzene rings is 2. The highest BCUT2D eigenvalue weighted by Crippen LogP contribution is 2.34. The number of halogens is 2. The molecule has 0 saturated carbocycles. The molecule has 21 heavy (non-hydrogen) atoms. The van der Waals surface area contributed by atoms with E-state index in [0.29, 0.717) is 23.2 Å². The number of aromatic nitrogens is 1. The fourth-order valence-electron chi connectivity index (χ4n) is 2.08. The Morgan fingerprint density at radius 1 is 1.14 bits per heavy atom. The molecule has 0 atom stereocenters. The van der Waals surface area contributed by atoms with Gasteiger partial charge < -0.3 is 10.5 Å². The molecule has 3 rings (SSSR count). The van der Waals surface area contributed by atoms with Crippen molar-refractivity contribution in [3.05, 3.63) is 63.7 Å². The number of nitrogens with zero attached hydrogens (tertiary/aromatic N) is 1. The van der Waals surface area contributed by atoms with Gasteiger partial charge in [0.25, 0.3) is 0 Å². The lowest BCUT2D eigenvalue weighted by Crippen LogP contribution is -1.96. The Kier molecular flexibility index (Phi) is 4.10. The smallest absolute Gasteiger partial charge is 0.227 e. The van der Waals surface area contributed by atoms with Gasteiger partial charge in [0.2, 0.25) is 5.88 Å². The normalized spacial score (nSPS) is 10.8. The fourth-order valence-corrected chi connectivity index (χ4v) is 2.82. The molecule has 0 radical (unpaired) electrons. The molecular weight excluding hydrogens is 352 g/mol. The van der Waals surface area contributed by atoms with Gasteiger partial charge >= 0.3 is 0 Å². The summed E-state index contributed by atoms with van der Waals surface area (Å²) in [7, 11) is 0. The zero-order valence-corrected chi connectivity index (χ0v) is 13.4. The van der Waals surface area contributed by atoms with Crippen LogP contribution in [0.15, 0.2) is 53.1 Å². The van der Waals surface area contributed by atoms with Crippen molar-refractivity contribution < 1.29 is 4.74 Å². The molecule has 1 heterocycles. The van der Waals surface area contributed by atoms with Crippen LogP contribution in [0.25, 0.3) is 10.8 Å². The predicted octanol–water partition coefficient (Wildman–Crippen LogP) is 4.90. The van der Waals surface area contributed by atoms with Crippen molar-refractivity contribution in [1.82, 2.24) is 4.98 Å². The van der Waals surface area contributed by atoms with Crippen molar-refractivity contribution in [2.24, 2.45) is 5.73 Å². The van der Waals surface area contributed by atoms with Crippen molar-refractivity contribution in [2.75, 3.05) is 0 Å². The molecular formula is C16H12BrClN2O. The molecule has 0 saturated heterocycles. The van der Waals surface area contributed by atoms with E-state index in [2.05, 4.69) is 20.9 Å². The summed E-state index contributed by atoms with van der Waals surface area (Å²) in [5.74, 6) is 1.09. The van der Waals surface area contributed by atoms with Crippen LogP contribution in [0.4, 0.5) is 0 Å². The molecule has 0 unspecified atom stereocenters. The summed E-state index contributed by atoms with van der Waals surface area (Å²) in [5, 5.41) is 2.48. The van der Waals surface area contributed by atoms with Crippen LogP contribution in [-0.2, 0) is 6.54 Å². The first-order chi connectivity index (χ1) is 10.2. The zero-order valence-electron chi connectivity index (χ0n) is 11.0. The highest BCUT2D eigenvalue weighted by molar-refractivity contribution is 9.10. The molecule has 0 aliphatic carbocycles. The van der Waals surface area contributed by atoms with Crippen molar-refractivity contribution in [3.63, 3.8) is 0 Å². The van der Waals surface area contributed by atoms with E-state index >= 15 is 0 Å². The second-order valence-electron chi connectivity index (χ2n) is 4.52. The van der Waals surface area contributed by atoms with Crippen LogP contribution in [0.2, 0.25) is 5.02 Å². The molecule has 3 nitrogen and oxygen atoms in total. The van der Waals surface area contributed by atoms with Gasteiger partial charge in [0, 0.05) is 28.0 Å². The lowest BCUT2D eigenvalue weighted by molar-refractivity contribution is 0.469. The Balaban J connectivity index is 2.04. The molecule has 3 aromatic rings. The number of ether oxygens (including phenoxy) is 1. The van der Waals surface area contributed by atoms with Gasteiger partial charge in [-0.1, -0.05) is 39.7 Å². The standard InChI is InChI=1S/C16H12BrClN2O/c17-13-3-1-2-12-11(13)6-7-20-16(12)21-15-5-4-10(9-19)8-14(15)18/h1-8H,9,19H2. The number of hydrogen-bond acceptors (Lipinski definition) is 3. The average molecular weight is 364 g/mol. The summed E-state index contributed by atoms with van der Waals surface area (Å²) in [6, 6.07) is 13.3. The third-order valence-corrected chi connectivity index (χ3v) is 4.14. The second kappa shape index (κ2) is 6.02. The molecule has 5 heteroatoms. The average Bonchev–Trinajstić information content (AvgIpc) is 2.50. The van der Waals surface area contributed by atoms with Crippen LogP contribution in [0.5, 0.6) is 11.6 Å². The Bertz CT molecular complexity index is 807. The largest absolute Gasteiger partial charge is 0.437 e. The monoisotopic (exact) mass is 362 g/mol. The first-order valence-electron chi connectivity index (χ1n) is 6.38. The zero-order chi connectivity index (χ0) is 14.8. The molecule has 0 aliphatic heterocycles. The van der Waals surface area contributed by atoms with Crippen LogP contribution >= 0.6 is 27.5 Å². The van der Waals surface area contributed by atoms with E-state index in [-0.39, 0.29) is 0 Å². The van der Waals surface area contributed by atoms with Gasteiger partial charge in [0.1, 0.15) is 5.75 Å². The van der Waals surface area contributed by atoms with Crippen LogP contribution in [0, 0.1) is 0 Å². The van der Waals surface area contributed by atoms with Crippen LogP contribution in [-0.4, -0.2) is 4.98 Å². The van der Waals surface area contributed by atoms with Crippen molar-refractivity contribution >= 4 is 38.3 Å². The summed E-state index contributed by atoms with van der Waals surface area (Å²) < 4.78 is 6.87. The van der Waals surface area contributed by atoms with E-state index in [9.17, 15) is 0 Å². The van der Waals surface area contributed by atoms with E-state index in [1.807, 2.05) is 36.4 Å². The Morgan fingerprint density at radius 3 is 2.76 bits per heavy atom. The maximum Gasteiger partial charge on any atom is 0.227 e. The predicted molar refractivity (Wildman–Crippen MR) is 88.9 cm³/mol. The Morgan fingerprint density at radius 2 is 2.00 bits per heavy atom. The molecule has 106 valence electrons. The van der Waals surface area contributed by atoms with E-state index in [4.69, 9.17) is 22.1 Å². The highest BCUT2D eigenvalue weighted by atomic mass is 79.9. The van der Waals surface area contributed by atoms with Gasteiger partial charge in [-0.2, -0.15) is 0 Å². The van der Waals surface area contributed by atoms with E-state index in [1.54, 1.807) is 12.3 Å². The fraction of sp³-hybridized carbons (Fsp3) is 0.0625. The number of hydrogen-bond donors (Lipinski definition) is 1. The number of nitrogens with two attached hydrogens (primary N) is 1. The first-order valence-corrected chi connectivity index (χ1v) is 7.55. The minimum absolute atomic E-state index is 0.444. The number of rotatable bonds is 3. The SMILES string of the molecule is NCc1ccc(Oc2nccc3c(Br)cccc23)c(Cl)c1. The summed E-state index contributed by atoms with van der Waals surface area (Å²) >= 11 is 9.75. The number of fused-ring (bicyclic) bond motifs is 1. The van der Waals surface area contributed by atoms with Gasteiger partial charge in [-0.15, -0.1) is 0 Å². The molecule has 0 fully saturated rings. The van der Waals surface area contributed by atoms with E-state index in [0.717, 1.165) is 20.8 Å². The molecule has 0 spiro atoms. The Labute approximate surface area is 135 Å². The minimum atomic E-state index is 0.444. The topological polar surface area (TPSA) is 48.1 Å². The van der Waals surface area contributed by atoms with Gasteiger partial charge in [0.05, 0.1) is 5.02 Å². The van der Waals surface area contributed by atoms with Gasteiger partial charge in [-0.25, -0.2) is 4.98 Å². The van der Waals surface area contributed by atoms with Crippen molar-refractivity contribution in [2.45, 2.75) is 6.54 Å². The number of pyridine rings is 1. The molecule has 0 bridgehead atoms. The van der Waals surface area contributed by atoms with Gasteiger partial charge in [0.15, 0.2) is 0 Å². The maximum atomic E-state index is 6.22. The molecule has 0 amide bonds. The molecule has 1 aromatic heterocycles. The first kappa shape index (κ1) is 14.3. The van der Waals surface area contributed by atoms with Crippen LogP contribution < -0.4 is 10.5 Å². The van der Waals surface area contributed by atoms with Crippen LogP contribution in [0.1, 0.15) is 5.56 Å². The lowest BCUT2D eigenvalue weighted by atomic mass is 10.2. The summed E-state index contributed by atoms with van der Waals surface area (Å²) in [6.07, 6.45) is 1.71. The second-order valence-corrected chi connectivity index (χ2v) is 5.78. The quantitative estimate of drug-likeness (QED) is 0.720. The minimum Gasteiger partial charge on any atom is -0.437 e. The molecule has 0 aliphatic rings. The molecule has 2 aromatic carbocycles. The summed E-state index contributed by atoms with van der Waals surface area (Å²) in [4.78, 5) is 4.30. The molecule has 2 N–H and O–H groups in total. The third-order valence-electron chi connectivity index (χ3n) is 3.15. The highest BCUT2D eigenvalue weighted by Gasteiger charge is 2.09. The van der Waals surface area contributed by atoms with Gasteiger partial charge in [-0.05, 0) is 35.9 Å². The van der Waals surface area contributed by atoms with E-state index in [1.165, 1.54) is 0 Å². The van der Waals surface area contributed by atoms with E-state index < -0.39 is 0 Å². The van der Waals surface area contributed by atoms with Crippen molar-refractivity contribution in [3.8, 4) is 11.6 Å². The summed E-state index contributed by atoms with van der Waals surface area (Å²) in [6.45, 7) is 0.444. The van der Waals surface area contributed by atoms with Gasteiger partial charge in [-0.3, -0.25) is 0 Å². The van der Waals surface area contributed by atoms with Crippen molar-refractivity contribution in [1.29, 1.82) is 0 Å². The third kappa shape index (κ3) is 2.88. The summed E-state index contributed by atoms with van der Waals surface area (Å²) in [5.41, 5.74) is 6.55. The maximum absolute atomic E-state index is 6.22.